The van der Waals surface area contributed by atoms with Crippen molar-refractivity contribution in [2.24, 2.45) is 0 Å². The van der Waals surface area contributed by atoms with Crippen molar-refractivity contribution in [2.75, 3.05) is 7.05 Å². The lowest BCUT2D eigenvalue weighted by Gasteiger charge is -1.98. The second-order valence-corrected chi connectivity index (χ2v) is 2.71. The van der Waals surface area contributed by atoms with E-state index in [-0.39, 0.29) is 0 Å². The van der Waals surface area contributed by atoms with E-state index in [1.54, 1.807) is 0 Å². The normalized spacial score (nSPS) is 9.80. The minimum absolute atomic E-state index is 0.925. The number of benzene rings is 1. The maximum atomic E-state index is 4.18. The molecule has 54 valence electrons. The fourth-order valence-corrected chi connectivity index (χ4v) is 0.967. The maximum Gasteiger partial charge on any atom is 0.0202 e. The molecule has 2 heteroatoms. The minimum Gasteiger partial charge on any atom is -0.316 e. The highest BCUT2D eigenvalue weighted by atomic mass is 32.1. The van der Waals surface area contributed by atoms with E-state index >= 15 is 0 Å². The number of hydrogen-bond donors (Lipinski definition) is 2. The first-order chi connectivity index (χ1) is 4.83. The van der Waals surface area contributed by atoms with Gasteiger partial charge < -0.3 is 5.32 Å². The van der Waals surface area contributed by atoms with E-state index < -0.39 is 0 Å². The highest BCUT2D eigenvalue weighted by Crippen LogP contribution is 2.06. The second-order valence-electron chi connectivity index (χ2n) is 2.20. The lowest BCUT2D eigenvalue weighted by Crippen LogP contribution is -2.04. The smallest absolute Gasteiger partial charge is 0.0202 e. The fourth-order valence-electron chi connectivity index (χ4n) is 0.818. The lowest BCUT2D eigenvalue weighted by atomic mass is 10.2. The van der Waals surface area contributed by atoms with E-state index in [0.29, 0.717) is 0 Å². The fraction of sp³-hybridized carbons (Fsp3) is 0.250. The average molecular weight is 153 g/mol. The number of thiol groups is 1. The van der Waals surface area contributed by atoms with E-state index in [1.165, 1.54) is 5.56 Å². The largest absolute Gasteiger partial charge is 0.316 e. The molecule has 0 amide bonds. The SMILES string of the molecule is CNCc1ccc(S)cc1. The molecule has 1 N–H and O–H groups in total. The Bertz CT molecular complexity index is 193. The van der Waals surface area contributed by atoms with Crippen molar-refractivity contribution in [3.8, 4) is 0 Å². The summed E-state index contributed by atoms with van der Waals surface area (Å²) < 4.78 is 0. The zero-order valence-corrected chi connectivity index (χ0v) is 6.86. The molecular weight excluding hydrogens is 142 g/mol. The van der Waals surface area contributed by atoms with Crippen molar-refractivity contribution in [3.05, 3.63) is 29.8 Å². The van der Waals surface area contributed by atoms with Crippen molar-refractivity contribution in [1.82, 2.24) is 5.32 Å². The van der Waals surface area contributed by atoms with Gasteiger partial charge in [0.25, 0.3) is 0 Å². The molecule has 0 fully saturated rings. The van der Waals surface area contributed by atoms with E-state index in [2.05, 4.69) is 30.1 Å². The quantitative estimate of drug-likeness (QED) is 0.616. The van der Waals surface area contributed by atoms with Gasteiger partial charge in [0.2, 0.25) is 0 Å². The van der Waals surface area contributed by atoms with Crippen molar-refractivity contribution in [2.45, 2.75) is 11.4 Å². The zero-order chi connectivity index (χ0) is 7.40. The van der Waals surface area contributed by atoms with Crippen molar-refractivity contribution in [3.63, 3.8) is 0 Å². The van der Waals surface area contributed by atoms with Crippen LogP contribution in [0.3, 0.4) is 0 Å². The average Bonchev–Trinajstić information content (AvgIpc) is 1.95. The van der Waals surface area contributed by atoms with E-state index in [9.17, 15) is 0 Å². The number of rotatable bonds is 2. The molecule has 0 aromatic heterocycles. The van der Waals surface area contributed by atoms with Crippen molar-refractivity contribution < 1.29 is 0 Å². The number of hydrogen-bond acceptors (Lipinski definition) is 2. The van der Waals surface area contributed by atoms with Crippen LogP contribution in [0.2, 0.25) is 0 Å². The van der Waals surface area contributed by atoms with Gasteiger partial charge in [-0.3, -0.25) is 0 Å². The first-order valence-electron chi connectivity index (χ1n) is 3.25. The zero-order valence-electron chi connectivity index (χ0n) is 5.96. The molecule has 0 saturated carbocycles. The van der Waals surface area contributed by atoms with Crippen LogP contribution in [0.25, 0.3) is 0 Å². The summed E-state index contributed by atoms with van der Waals surface area (Å²) in [5.74, 6) is 0. The van der Waals surface area contributed by atoms with Crippen molar-refractivity contribution in [1.29, 1.82) is 0 Å². The van der Waals surface area contributed by atoms with E-state index in [1.807, 2.05) is 19.2 Å². The van der Waals surface area contributed by atoms with Gasteiger partial charge in [-0.05, 0) is 24.7 Å². The van der Waals surface area contributed by atoms with Crippen LogP contribution in [-0.4, -0.2) is 7.05 Å². The van der Waals surface area contributed by atoms with Gasteiger partial charge in [0.15, 0.2) is 0 Å². The van der Waals surface area contributed by atoms with Gasteiger partial charge in [0, 0.05) is 11.4 Å². The molecule has 0 aliphatic rings. The third kappa shape index (κ3) is 2.05. The van der Waals surface area contributed by atoms with Gasteiger partial charge in [-0.25, -0.2) is 0 Å². The molecule has 0 radical (unpaired) electrons. The Hall–Kier alpha value is -0.470. The third-order valence-corrected chi connectivity index (χ3v) is 1.62. The van der Waals surface area contributed by atoms with Crippen LogP contribution in [-0.2, 0) is 6.54 Å². The molecule has 1 rings (SSSR count). The Morgan fingerprint density at radius 1 is 1.30 bits per heavy atom. The van der Waals surface area contributed by atoms with Crippen molar-refractivity contribution >= 4 is 12.6 Å². The molecule has 1 nitrogen and oxygen atoms in total. The van der Waals surface area contributed by atoms with Gasteiger partial charge in [-0.2, -0.15) is 0 Å². The van der Waals surface area contributed by atoms with Gasteiger partial charge in [-0.1, -0.05) is 12.1 Å². The Morgan fingerprint density at radius 3 is 2.40 bits per heavy atom. The van der Waals surface area contributed by atoms with E-state index in [4.69, 9.17) is 0 Å². The van der Waals surface area contributed by atoms with Crippen LogP contribution in [0.4, 0.5) is 0 Å². The molecule has 0 unspecified atom stereocenters. The molecule has 0 spiro atoms. The summed E-state index contributed by atoms with van der Waals surface area (Å²) in [5, 5.41) is 3.08. The Morgan fingerprint density at radius 2 is 1.90 bits per heavy atom. The molecule has 0 atom stereocenters. The van der Waals surface area contributed by atoms with Gasteiger partial charge >= 0.3 is 0 Å². The van der Waals surface area contributed by atoms with E-state index in [0.717, 1.165) is 11.4 Å². The van der Waals surface area contributed by atoms with Crippen LogP contribution in [0.5, 0.6) is 0 Å². The summed E-state index contributed by atoms with van der Waals surface area (Å²) in [5.41, 5.74) is 1.29. The van der Waals surface area contributed by atoms with Crippen LogP contribution < -0.4 is 5.32 Å². The van der Waals surface area contributed by atoms with Gasteiger partial charge in [-0.15, -0.1) is 12.6 Å². The summed E-state index contributed by atoms with van der Waals surface area (Å²) in [6.07, 6.45) is 0. The monoisotopic (exact) mass is 153 g/mol. The molecule has 1 aromatic rings. The Balaban J connectivity index is 2.69. The standard InChI is InChI=1S/C8H11NS/c1-9-6-7-2-4-8(10)5-3-7/h2-5,9-10H,6H2,1H3. The minimum atomic E-state index is 0.925. The predicted octanol–water partition coefficient (Wildman–Crippen LogP) is 1.69. The first-order valence-corrected chi connectivity index (χ1v) is 3.70. The molecule has 10 heavy (non-hydrogen) atoms. The van der Waals surface area contributed by atoms with Gasteiger partial charge in [0.05, 0.1) is 0 Å². The first kappa shape index (κ1) is 7.63. The number of nitrogens with one attached hydrogen (secondary N) is 1. The van der Waals surface area contributed by atoms with Crippen LogP contribution in [0, 0.1) is 0 Å². The molecule has 1 aromatic carbocycles. The maximum absolute atomic E-state index is 4.18. The summed E-state index contributed by atoms with van der Waals surface area (Å²) in [7, 11) is 1.94. The highest BCUT2D eigenvalue weighted by molar-refractivity contribution is 7.80. The Kier molecular flexibility index (Phi) is 2.78. The topological polar surface area (TPSA) is 12.0 Å². The summed E-state index contributed by atoms with van der Waals surface area (Å²) in [6, 6.07) is 8.13. The van der Waals surface area contributed by atoms with Crippen LogP contribution in [0.1, 0.15) is 5.56 Å². The molecule has 0 saturated heterocycles. The van der Waals surface area contributed by atoms with Crippen LogP contribution in [0.15, 0.2) is 29.2 Å². The van der Waals surface area contributed by atoms with Crippen LogP contribution >= 0.6 is 12.6 Å². The third-order valence-electron chi connectivity index (χ3n) is 1.32. The molecule has 0 bridgehead atoms. The Labute approximate surface area is 66.9 Å². The lowest BCUT2D eigenvalue weighted by molar-refractivity contribution is 0.817. The molecule has 0 heterocycles. The summed E-state index contributed by atoms with van der Waals surface area (Å²) in [4.78, 5) is 1.01. The summed E-state index contributed by atoms with van der Waals surface area (Å²) >= 11 is 4.18. The molecule has 0 aliphatic carbocycles. The second kappa shape index (κ2) is 3.64. The predicted molar refractivity (Wildman–Crippen MR) is 46.5 cm³/mol. The molecular formula is C8H11NS. The highest BCUT2D eigenvalue weighted by Gasteiger charge is 1.87. The summed E-state index contributed by atoms with van der Waals surface area (Å²) in [6.45, 7) is 0.925. The molecule has 0 aliphatic heterocycles. The van der Waals surface area contributed by atoms with Gasteiger partial charge in [0.1, 0.15) is 0 Å².